The Bertz CT molecular complexity index is 1170. The van der Waals surface area contributed by atoms with Gasteiger partial charge in [-0.2, -0.15) is 0 Å². The zero-order valence-corrected chi connectivity index (χ0v) is 19.9. The van der Waals surface area contributed by atoms with Gasteiger partial charge in [-0.05, 0) is 29.8 Å². The summed E-state index contributed by atoms with van der Waals surface area (Å²) in [5.74, 6) is -1.23. The SMILES string of the molecule is O=C(NC1CC(OC(=O)c2ccccc2)C(O)OC1COC(=O)c1ccccc1)OCc1ccccc1. The Hall–Kier alpha value is -4.21. The quantitative estimate of drug-likeness (QED) is 0.353. The molecule has 4 rings (SSSR count). The first-order valence-electron chi connectivity index (χ1n) is 11.8. The summed E-state index contributed by atoms with van der Waals surface area (Å²) in [5, 5.41) is 13.2. The standard InChI is InChI=1S/C28H27NO8/c30-25(20-12-6-2-7-13-20)34-18-24-22(29-28(33)35-17-19-10-4-1-5-11-19)16-23(27(32)37-24)36-26(31)21-14-8-3-9-15-21/h1-15,22-24,27,32H,16-18H2,(H,29,33). The molecule has 0 saturated carbocycles. The number of ether oxygens (including phenoxy) is 4. The molecule has 37 heavy (non-hydrogen) atoms. The van der Waals surface area contributed by atoms with Crippen LogP contribution < -0.4 is 5.32 Å². The lowest BCUT2D eigenvalue weighted by Crippen LogP contribution is -2.57. The third kappa shape index (κ3) is 7.39. The number of carbonyl (C=O) groups is 3. The number of hydrogen-bond donors (Lipinski definition) is 2. The average molecular weight is 506 g/mol. The normalized spacial score (nSPS) is 20.9. The monoisotopic (exact) mass is 505 g/mol. The molecular weight excluding hydrogens is 478 g/mol. The highest BCUT2D eigenvalue weighted by atomic mass is 16.7. The summed E-state index contributed by atoms with van der Waals surface area (Å²) in [7, 11) is 0. The van der Waals surface area contributed by atoms with Gasteiger partial charge in [0.05, 0.1) is 17.2 Å². The van der Waals surface area contributed by atoms with Gasteiger partial charge in [0.15, 0.2) is 12.4 Å². The minimum atomic E-state index is -1.49. The van der Waals surface area contributed by atoms with E-state index in [1.54, 1.807) is 60.7 Å². The second-order valence-corrected chi connectivity index (χ2v) is 8.39. The van der Waals surface area contributed by atoms with Crippen molar-refractivity contribution in [2.45, 2.75) is 37.6 Å². The molecule has 9 nitrogen and oxygen atoms in total. The van der Waals surface area contributed by atoms with E-state index in [1.165, 1.54) is 0 Å². The lowest BCUT2D eigenvalue weighted by atomic mass is 9.99. The Morgan fingerprint density at radius 2 is 1.38 bits per heavy atom. The van der Waals surface area contributed by atoms with Crippen molar-refractivity contribution in [3.05, 3.63) is 108 Å². The lowest BCUT2D eigenvalue weighted by molar-refractivity contribution is -0.229. The highest BCUT2D eigenvalue weighted by Crippen LogP contribution is 2.24. The number of rotatable bonds is 8. The molecule has 0 spiro atoms. The molecule has 1 amide bonds. The summed E-state index contributed by atoms with van der Waals surface area (Å²) < 4.78 is 21.8. The Kier molecular flexibility index (Phi) is 8.85. The molecule has 1 saturated heterocycles. The number of esters is 2. The van der Waals surface area contributed by atoms with Crippen molar-refractivity contribution >= 4 is 18.0 Å². The number of hydrogen-bond acceptors (Lipinski definition) is 8. The van der Waals surface area contributed by atoms with Crippen LogP contribution in [0.2, 0.25) is 0 Å². The van der Waals surface area contributed by atoms with Gasteiger partial charge >= 0.3 is 18.0 Å². The lowest BCUT2D eigenvalue weighted by Gasteiger charge is -2.38. The Morgan fingerprint density at radius 3 is 2.00 bits per heavy atom. The summed E-state index contributed by atoms with van der Waals surface area (Å²) in [4.78, 5) is 37.5. The van der Waals surface area contributed by atoms with Gasteiger partial charge in [0, 0.05) is 6.42 Å². The second-order valence-electron chi connectivity index (χ2n) is 8.39. The van der Waals surface area contributed by atoms with Gasteiger partial charge in [-0.3, -0.25) is 0 Å². The molecule has 4 atom stereocenters. The summed E-state index contributed by atoms with van der Waals surface area (Å²) >= 11 is 0. The van der Waals surface area contributed by atoms with Crippen LogP contribution in [0, 0.1) is 0 Å². The number of aliphatic hydroxyl groups excluding tert-OH is 1. The van der Waals surface area contributed by atoms with Gasteiger partial charge in [-0.25, -0.2) is 14.4 Å². The van der Waals surface area contributed by atoms with Gasteiger partial charge in [0.1, 0.15) is 19.3 Å². The minimum absolute atomic E-state index is 0.00767. The number of alkyl carbamates (subject to hydrolysis) is 1. The van der Waals surface area contributed by atoms with E-state index in [4.69, 9.17) is 18.9 Å². The van der Waals surface area contributed by atoms with Crippen molar-refractivity contribution in [3.63, 3.8) is 0 Å². The van der Waals surface area contributed by atoms with Crippen molar-refractivity contribution in [1.29, 1.82) is 0 Å². The fourth-order valence-electron chi connectivity index (χ4n) is 3.80. The molecule has 3 aromatic carbocycles. The van der Waals surface area contributed by atoms with Crippen molar-refractivity contribution < 1.29 is 38.4 Å². The van der Waals surface area contributed by atoms with E-state index in [0.717, 1.165) is 5.56 Å². The highest BCUT2D eigenvalue weighted by molar-refractivity contribution is 5.89. The number of carbonyl (C=O) groups excluding carboxylic acids is 3. The van der Waals surface area contributed by atoms with E-state index in [9.17, 15) is 19.5 Å². The largest absolute Gasteiger partial charge is 0.459 e. The van der Waals surface area contributed by atoms with Gasteiger partial charge in [-0.1, -0.05) is 66.7 Å². The van der Waals surface area contributed by atoms with E-state index < -0.39 is 42.6 Å². The molecule has 2 N–H and O–H groups in total. The van der Waals surface area contributed by atoms with Crippen LogP contribution in [0.1, 0.15) is 32.7 Å². The topological polar surface area (TPSA) is 120 Å². The number of nitrogens with one attached hydrogen (secondary N) is 1. The zero-order chi connectivity index (χ0) is 26.0. The summed E-state index contributed by atoms with van der Waals surface area (Å²) in [6.45, 7) is -0.212. The average Bonchev–Trinajstić information content (AvgIpc) is 2.94. The summed E-state index contributed by atoms with van der Waals surface area (Å²) in [6.07, 6.45) is -4.21. The van der Waals surface area contributed by atoms with Crippen LogP contribution in [0.25, 0.3) is 0 Å². The number of benzene rings is 3. The van der Waals surface area contributed by atoms with E-state index in [0.29, 0.717) is 11.1 Å². The maximum Gasteiger partial charge on any atom is 0.407 e. The minimum Gasteiger partial charge on any atom is -0.459 e. The molecule has 1 heterocycles. The smallest absolute Gasteiger partial charge is 0.407 e. The molecule has 9 heteroatoms. The molecule has 0 bridgehead atoms. The van der Waals surface area contributed by atoms with Crippen LogP contribution in [-0.2, 0) is 25.6 Å². The predicted octanol–water partition coefficient (Wildman–Crippen LogP) is 3.47. The first-order valence-corrected chi connectivity index (χ1v) is 11.8. The van der Waals surface area contributed by atoms with Gasteiger partial charge in [-0.15, -0.1) is 0 Å². The Labute approximate surface area is 213 Å². The first-order chi connectivity index (χ1) is 18.0. The van der Waals surface area contributed by atoms with Gasteiger partial charge in [0.25, 0.3) is 0 Å². The van der Waals surface area contributed by atoms with Crippen molar-refractivity contribution in [2.75, 3.05) is 6.61 Å². The maximum absolute atomic E-state index is 12.6. The van der Waals surface area contributed by atoms with Crippen LogP contribution in [0.15, 0.2) is 91.0 Å². The molecule has 1 aliphatic heterocycles. The Balaban J connectivity index is 1.41. The number of amides is 1. The summed E-state index contributed by atoms with van der Waals surface area (Å²) in [5.41, 5.74) is 1.46. The third-order valence-electron chi connectivity index (χ3n) is 5.74. The van der Waals surface area contributed by atoms with Crippen molar-refractivity contribution in [1.82, 2.24) is 5.32 Å². The molecule has 1 fully saturated rings. The zero-order valence-electron chi connectivity index (χ0n) is 19.9. The maximum atomic E-state index is 12.6. The van der Waals surface area contributed by atoms with E-state index in [-0.39, 0.29) is 19.6 Å². The molecule has 0 aliphatic carbocycles. The fraction of sp³-hybridized carbons (Fsp3) is 0.250. The van der Waals surface area contributed by atoms with Crippen LogP contribution in [0.3, 0.4) is 0 Å². The highest BCUT2D eigenvalue weighted by Gasteiger charge is 2.41. The van der Waals surface area contributed by atoms with Crippen LogP contribution in [-0.4, -0.2) is 54.3 Å². The number of aliphatic hydroxyl groups is 1. The van der Waals surface area contributed by atoms with Crippen LogP contribution in [0.5, 0.6) is 0 Å². The molecule has 1 aliphatic rings. The molecule has 192 valence electrons. The van der Waals surface area contributed by atoms with Crippen molar-refractivity contribution in [2.24, 2.45) is 0 Å². The fourth-order valence-corrected chi connectivity index (χ4v) is 3.80. The third-order valence-corrected chi connectivity index (χ3v) is 5.74. The predicted molar refractivity (Wildman–Crippen MR) is 131 cm³/mol. The molecule has 4 unspecified atom stereocenters. The van der Waals surface area contributed by atoms with E-state index in [1.807, 2.05) is 30.3 Å². The molecular formula is C28H27NO8. The van der Waals surface area contributed by atoms with Crippen LogP contribution in [0.4, 0.5) is 4.79 Å². The van der Waals surface area contributed by atoms with Gasteiger partial charge < -0.3 is 29.4 Å². The van der Waals surface area contributed by atoms with E-state index >= 15 is 0 Å². The first kappa shape index (κ1) is 25.9. The van der Waals surface area contributed by atoms with Crippen LogP contribution >= 0.6 is 0 Å². The summed E-state index contributed by atoms with van der Waals surface area (Å²) in [6, 6.07) is 25.1. The Morgan fingerprint density at radius 1 is 0.811 bits per heavy atom. The van der Waals surface area contributed by atoms with Gasteiger partial charge in [0.2, 0.25) is 0 Å². The second kappa shape index (κ2) is 12.7. The van der Waals surface area contributed by atoms with E-state index in [2.05, 4.69) is 5.32 Å². The molecule has 0 aromatic heterocycles. The van der Waals surface area contributed by atoms with Crippen molar-refractivity contribution in [3.8, 4) is 0 Å². The molecule has 0 radical (unpaired) electrons. The molecule has 3 aromatic rings.